The number of carbonyl (C=O) groups is 1. The third-order valence-corrected chi connectivity index (χ3v) is 5.50. The molecule has 0 spiro atoms. The molecule has 1 aromatic carbocycles. The van der Waals surface area contributed by atoms with Crippen molar-refractivity contribution in [2.45, 2.75) is 31.7 Å². The van der Waals surface area contributed by atoms with E-state index in [0.717, 1.165) is 50.4 Å². The summed E-state index contributed by atoms with van der Waals surface area (Å²) >= 11 is 0. The summed E-state index contributed by atoms with van der Waals surface area (Å²) < 4.78 is 1.98. The van der Waals surface area contributed by atoms with Gasteiger partial charge in [-0.25, -0.2) is 4.79 Å². The summed E-state index contributed by atoms with van der Waals surface area (Å²) in [6.45, 7) is 4.35. The molecule has 27 heavy (non-hydrogen) atoms. The minimum absolute atomic E-state index is 0.239. The first-order chi connectivity index (χ1) is 13.2. The molecule has 2 aliphatic rings. The fourth-order valence-electron chi connectivity index (χ4n) is 3.91. The maximum Gasteiger partial charge on any atom is 0.323 e. The fourth-order valence-corrected chi connectivity index (χ4v) is 3.91. The molecule has 7 heteroatoms. The number of anilines is 3. The van der Waals surface area contributed by atoms with Crippen LogP contribution in [0.15, 0.2) is 36.7 Å². The van der Waals surface area contributed by atoms with Crippen LogP contribution in [0.4, 0.5) is 21.9 Å². The van der Waals surface area contributed by atoms with Crippen LogP contribution in [0.1, 0.15) is 31.7 Å². The van der Waals surface area contributed by atoms with Crippen LogP contribution in [0, 0.1) is 0 Å². The van der Waals surface area contributed by atoms with Crippen LogP contribution in [0.2, 0.25) is 0 Å². The zero-order chi connectivity index (χ0) is 18.6. The summed E-state index contributed by atoms with van der Waals surface area (Å²) in [5, 5.41) is 10.3. The Hall–Kier alpha value is -2.54. The zero-order valence-corrected chi connectivity index (χ0v) is 15.9. The molecule has 2 aliphatic heterocycles. The van der Waals surface area contributed by atoms with Crippen LogP contribution in [-0.4, -0.2) is 53.9 Å². The molecule has 7 nitrogen and oxygen atoms in total. The number of urea groups is 1. The van der Waals surface area contributed by atoms with Crippen molar-refractivity contribution >= 4 is 23.1 Å². The number of carbonyl (C=O) groups excluding carboxylic acids is 1. The van der Waals surface area contributed by atoms with Gasteiger partial charge in [0, 0.05) is 30.7 Å². The van der Waals surface area contributed by atoms with Crippen LogP contribution >= 0.6 is 0 Å². The van der Waals surface area contributed by atoms with Crippen LogP contribution in [0.5, 0.6) is 0 Å². The SMILES string of the molecule is CN1CCC(n2cc(NC(=O)Nc3cccc(N4CCCC4)c3)cn2)CC1. The van der Waals surface area contributed by atoms with Gasteiger partial charge in [-0.15, -0.1) is 0 Å². The normalized spacial score (nSPS) is 18.6. The summed E-state index contributed by atoms with van der Waals surface area (Å²) in [6, 6.07) is 8.21. The fraction of sp³-hybridized carbons (Fsp3) is 0.500. The number of hydrogen-bond donors (Lipinski definition) is 2. The Balaban J connectivity index is 1.34. The highest BCUT2D eigenvalue weighted by atomic mass is 16.2. The smallest absolute Gasteiger partial charge is 0.323 e. The topological polar surface area (TPSA) is 65.4 Å². The van der Waals surface area contributed by atoms with Gasteiger partial charge in [-0.05, 0) is 64.0 Å². The van der Waals surface area contributed by atoms with Gasteiger partial charge in [0.25, 0.3) is 0 Å². The van der Waals surface area contributed by atoms with Gasteiger partial charge in [0.1, 0.15) is 0 Å². The van der Waals surface area contributed by atoms with Crippen molar-refractivity contribution in [1.29, 1.82) is 0 Å². The summed E-state index contributed by atoms with van der Waals surface area (Å²) in [4.78, 5) is 17.1. The number of amides is 2. The van der Waals surface area contributed by atoms with Crippen molar-refractivity contribution < 1.29 is 4.79 Å². The van der Waals surface area contributed by atoms with Gasteiger partial charge in [-0.1, -0.05) is 6.07 Å². The number of piperidine rings is 1. The van der Waals surface area contributed by atoms with Crippen molar-refractivity contribution in [3.63, 3.8) is 0 Å². The molecule has 0 radical (unpaired) electrons. The van der Waals surface area contributed by atoms with Crippen LogP contribution < -0.4 is 15.5 Å². The molecule has 0 unspecified atom stereocenters. The van der Waals surface area contributed by atoms with E-state index in [1.807, 2.05) is 29.1 Å². The van der Waals surface area contributed by atoms with Crippen LogP contribution in [0.25, 0.3) is 0 Å². The number of hydrogen-bond acceptors (Lipinski definition) is 4. The average molecular weight is 368 g/mol. The second-order valence-electron chi connectivity index (χ2n) is 7.57. The van der Waals surface area contributed by atoms with Gasteiger partial charge in [-0.3, -0.25) is 4.68 Å². The maximum atomic E-state index is 12.4. The predicted octanol–water partition coefficient (Wildman–Crippen LogP) is 3.39. The standard InChI is InChI=1S/C20H28N6O/c1-24-11-7-18(8-12-24)26-15-17(14-21-26)23-20(27)22-16-5-4-6-19(13-16)25-9-2-3-10-25/h4-6,13-15,18H,2-3,7-12H2,1H3,(H2,22,23,27). The quantitative estimate of drug-likeness (QED) is 0.868. The third kappa shape index (κ3) is 4.42. The minimum Gasteiger partial charge on any atom is -0.371 e. The lowest BCUT2D eigenvalue weighted by Gasteiger charge is -2.28. The summed E-state index contributed by atoms with van der Waals surface area (Å²) in [7, 11) is 2.15. The molecule has 2 aromatic rings. The molecule has 4 rings (SSSR count). The number of nitrogens with one attached hydrogen (secondary N) is 2. The van der Waals surface area contributed by atoms with E-state index in [-0.39, 0.29) is 6.03 Å². The molecule has 0 saturated carbocycles. The summed E-state index contributed by atoms with van der Waals surface area (Å²) in [5.74, 6) is 0. The molecule has 0 bridgehead atoms. The largest absolute Gasteiger partial charge is 0.371 e. The third-order valence-electron chi connectivity index (χ3n) is 5.50. The van der Waals surface area contributed by atoms with E-state index in [1.165, 1.54) is 18.5 Å². The first-order valence-corrected chi connectivity index (χ1v) is 9.83. The summed E-state index contributed by atoms with van der Waals surface area (Å²) in [6.07, 6.45) is 8.30. The van der Waals surface area contributed by atoms with Gasteiger partial charge < -0.3 is 20.4 Å². The number of aromatic nitrogens is 2. The Morgan fingerprint density at radius 2 is 1.81 bits per heavy atom. The Kier molecular flexibility index (Phi) is 5.29. The molecule has 0 atom stereocenters. The number of nitrogens with zero attached hydrogens (tertiary/aromatic N) is 4. The zero-order valence-electron chi connectivity index (χ0n) is 15.9. The molecular weight excluding hydrogens is 340 g/mol. The van der Waals surface area contributed by atoms with Crippen molar-refractivity contribution in [3.8, 4) is 0 Å². The molecule has 144 valence electrons. The molecule has 2 N–H and O–H groups in total. The molecule has 2 saturated heterocycles. The maximum absolute atomic E-state index is 12.4. The van der Waals surface area contributed by atoms with Crippen LogP contribution in [0.3, 0.4) is 0 Å². The first-order valence-electron chi connectivity index (χ1n) is 9.83. The molecule has 1 aromatic heterocycles. The molecule has 3 heterocycles. The van der Waals surface area contributed by atoms with Gasteiger partial charge in [0.05, 0.1) is 17.9 Å². The van der Waals surface area contributed by atoms with E-state index < -0.39 is 0 Å². The van der Waals surface area contributed by atoms with E-state index in [4.69, 9.17) is 0 Å². The van der Waals surface area contributed by atoms with Crippen molar-refractivity contribution in [2.24, 2.45) is 0 Å². The van der Waals surface area contributed by atoms with Gasteiger partial charge in [0.2, 0.25) is 0 Å². The van der Waals surface area contributed by atoms with Gasteiger partial charge >= 0.3 is 6.03 Å². The van der Waals surface area contributed by atoms with Crippen molar-refractivity contribution in [3.05, 3.63) is 36.7 Å². The van der Waals surface area contributed by atoms with E-state index >= 15 is 0 Å². The Labute approximate surface area is 160 Å². The van der Waals surface area contributed by atoms with Crippen molar-refractivity contribution in [2.75, 3.05) is 48.8 Å². The Bertz CT molecular complexity index is 774. The molecule has 0 aliphatic carbocycles. The molecule has 2 fully saturated rings. The second-order valence-corrected chi connectivity index (χ2v) is 7.57. The van der Waals surface area contributed by atoms with E-state index in [0.29, 0.717) is 6.04 Å². The second kappa shape index (κ2) is 8.00. The lowest BCUT2D eigenvalue weighted by molar-refractivity contribution is 0.212. The lowest BCUT2D eigenvalue weighted by Crippen LogP contribution is -2.31. The minimum atomic E-state index is -0.239. The highest BCUT2D eigenvalue weighted by Gasteiger charge is 2.19. The Morgan fingerprint density at radius 3 is 2.59 bits per heavy atom. The summed E-state index contributed by atoms with van der Waals surface area (Å²) in [5.41, 5.74) is 2.70. The number of likely N-dealkylation sites (tertiary alicyclic amines) is 1. The van der Waals surface area contributed by atoms with E-state index in [2.05, 4.69) is 38.6 Å². The Morgan fingerprint density at radius 1 is 1.07 bits per heavy atom. The van der Waals surface area contributed by atoms with E-state index in [9.17, 15) is 4.79 Å². The lowest BCUT2D eigenvalue weighted by atomic mass is 10.1. The number of benzene rings is 1. The highest BCUT2D eigenvalue weighted by Crippen LogP contribution is 2.24. The van der Waals surface area contributed by atoms with Crippen molar-refractivity contribution in [1.82, 2.24) is 14.7 Å². The highest BCUT2D eigenvalue weighted by molar-refractivity contribution is 5.99. The average Bonchev–Trinajstić information content (AvgIpc) is 3.35. The number of rotatable bonds is 4. The predicted molar refractivity (Wildman–Crippen MR) is 109 cm³/mol. The van der Waals surface area contributed by atoms with E-state index in [1.54, 1.807) is 6.20 Å². The van der Waals surface area contributed by atoms with Gasteiger partial charge in [-0.2, -0.15) is 5.10 Å². The first kappa shape index (κ1) is 17.9. The van der Waals surface area contributed by atoms with Crippen LogP contribution in [-0.2, 0) is 0 Å². The monoisotopic (exact) mass is 368 g/mol. The van der Waals surface area contributed by atoms with Gasteiger partial charge in [0.15, 0.2) is 0 Å². The molecular formula is C20H28N6O. The molecule has 2 amide bonds.